The lowest BCUT2D eigenvalue weighted by molar-refractivity contribution is -0.138. The van der Waals surface area contributed by atoms with Crippen molar-refractivity contribution in [3.05, 3.63) is 23.9 Å². The zero-order chi connectivity index (χ0) is 15.8. The lowest BCUT2D eigenvalue weighted by Crippen LogP contribution is -2.31. The molecule has 6 heteroatoms. The number of aromatic nitrogens is 1. The van der Waals surface area contributed by atoms with Gasteiger partial charge in [-0.1, -0.05) is 19.8 Å². The SMILES string of the molecule is C#CCNC(=O)c1ccc(N[C@@H](CC(C)C)C(=O)O)nc1. The maximum atomic E-state index is 11.6. The predicted molar refractivity (Wildman–Crippen MR) is 79.9 cm³/mol. The summed E-state index contributed by atoms with van der Waals surface area (Å²) < 4.78 is 0. The number of hydrogen-bond acceptors (Lipinski definition) is 4. The van der Waals surface area contributed by atoms with E-state index in [-0.39, 0.29) is 18.4 Å². The smallest absolute Gasteiger partial charge is 0.326 e. The van der Waals surface area contributed by atoms with Crippen LogP contribution in [-0.2, 0) is 4.79 Å². The monoisotopic (exact) mass is 289 g/mol. The zero-order valence-corrected chi connectivity index (χ0v) is 12.1. The minimum atomic E-state index is -0.929. The van der Waals surface area contributed by atoms with Gasteiger partial charge in [0, 0.05) is 6.20 Å². The molecule has 0 fully saturated rings. The second-order valence-electron chi connectivity index (χ2n) is 4.98. The molecule has 0 aromatic carbocycles. The molecule has 0 unspecified atom stereocenters. The first-order valence-corrected chi connectivity index (χ1v) is 6.61. The normalized spacial score (nSPS) is 11.5. The van der Waals surface area contributed by atoms with E-state index in [2.05, 4.69) is 21.5 Å². The summed E-state index contributed by atoms with van der Waals surface area (Å²) in [5.74, 6) is 1.72. The molecule has 0 bridgehead atoms. The van der Waals surface area contributed by atoms with E-state index in [9.17, 15) is 9.59 Å². The van der Waals surface area contributed by atoms with E-state index in [1.165, 1.54) is 6.20 Å². The highest BCUT2D eigenvalue weighted by molar-refractivity contribution is 5.94. The number of nitrogens with zero attached hydrogens (tertiary/aromatic N) is 1. The molecule has 1 amide bonds. The first-order valence-electron chi connectivity index (χ1n) is 6.61. The third-order valence-electron chi connectivity index (χ3n) is 2.70. The molecule has 0 aliphatic carbocycles. The van der Waals surface area contributed by atoms with E-state index < -0.39 is 12.0 Å². The minimum Gasteiger partial charge on any atom is -0.480 e. The van der Waals surface area contributed by atoms with Gasteiger partial charge in [0.05, 0.1) is 12.1 Å². The first kappa shape index (κ1) is 16.5. The van der Waals surface area contributed by atoms with Gasteiger partial charge in [-0.05, 0) is 24.5 Å². The molecule has 1 rings (SSSR count). The molecule has 21 heavy (non-hydrogen) atoms. The maximum Gasteiger partial charge on any atom is 0.326 e. The molecule has 6 nitrogen and oxygen atoms in total. The number of pyridine rings is 1. The predicted octanol–water partition coefficient (Wildman–Crippen LogP) is 1.36. The van der Waals surface area contributed by atoms with Crippen molar-refractivity contribution in [2.45, 2.75) is 26.3 Å². The lowest BCUT2D eigenvalue weighted by Gasteiger charge is -2.17. The highest BCUT2D eigenvalue weighted by Gasteiger charge is 2.19. The fraction of sp³-hybridized carbons (Fsp3) is 0.400. The van der Waals surface area contributed by atoms with Gasteiger partial charge in [-0.25, -0.2) is 9.78 Å². The summed E-state index contributed by atoms with van der Waals surface area (Å²) in [6, 6.07) is 2.43. The summed E-state index contributed by atoms with van der Waals surface area (Å²) in [5, 5.41) is 14.5. The van der Waals surface area contributed by atoms with Crippen LogP contribution in [0.2, 0.25) is 0 Å². The van der Waals surface area contributed by atoms with E-state index in [0.717, 1.165) is 0 Å². The van der Waals surface area contributed by atoms with Gasteiger partial charge in [0.25, 0.3) is 5.91 Å². The van der Waals surface area contributed by atoms with Crippen LogP contribution in [0.15, 0.2) is 18.3 Å². The number of hydrogen-bond donors (Lipinski definition) is 3. The molecule has 0 radical (unpaired) electrons. The number of carboxylic acids is 1. The molecule has 0 aliphatic heterocycles. The summed E-state index contributed by atoms with van der Waals surface area (Å²) in [6.45, 7) is 4.04. The van der Waals surface area contributed by atoms with Crippen LogP contribution in [-0.4, -0.2) is 34.6 Å². The Morgan fingerprint density at radius 1 is 1.43 bits per heavy atom. The average molecular weight is 289 g/mol. The van der Waals surface area contributed by atoms with Gasteiger partial charge >= 0.3 is 5.97 Å². The van der Waals surface area contributed by atoms with Crippen molar-refractivity contribution in [2.75, 3.05) is 11.9 Å². The molecular weight excluding hydrogens is 270 g/mol. The fourth-order valence-corrected chi connectivity index (χ4v) is 1.72. The number of nitrogens with one attached hydrogen (secondary N) is 2. The van der Waals surface area contributed by atoms with Gasteiger partial charge in [0.1, 0.15) is 11.9 Å². The Morgan fingerprint density at radius 3 is 2.62 bits per heavy atom. The number of rotatable bonds is 7. The first-order chi connectivity index (χ1) is 9.93. The van der Waals surface area contributed by atoms with Crippen LogP contribution in [0.4, 0.5) is 5.82 Å². The minimum absolute atomic E-state index is 0.147. The Morgan fingerprint density at radius 2 is 2.14 bits per heavy atom. The van der Waals surface area contributed by atoms with E-state index in [4.69, 9.17) is 11.5 Å². The van der Waals surface area contributed by atoms with Crippen molar-refractivity contribution < 1.29 is 14.7 Å². The number of aliphatic carboxylic acids is 1. The molecule has 3 N–H and O–H groups in total. The Labute approximate surface area is 124 Å². The van der Waals surface area contributed by atoms with Crippen LogP contribution < -0.4 is 10.6 Å². The molecular formula is C15H19N3O3. The molecule has 1 aromatic rings. The van der Waals surface area contributed by atoms with Crippen molar-refractivity contribution in [3.63, 3.8) is 0 Å². The summed E-state index contributed by atoms with van der Waals surface area (Å²) >= 11 is 0. The van der Waals surface area contributed by atoms with Crippen molar-refractivity contribution in [1.82, 2.24) is 10.3 Å². The quantitative estimate of drug-likeness (QED) is 0.659. The Bertz CT molecular complexity index is 532. The number of carbonyl (C=O) groups excluding carboxylic acids is 1. The summed E-state index contributed by atoms with van der Waals surface area (Å²) in [7, 11) is 0. The highest BCUT2D eigenvalue weighted by atomic mass is 16.4. The maximum absolute atomic E-state index is 11.6. The van der Waals surface area contributed by atoms with Gasteiger partial charge in [0.15, 0.2) is 0 Å². The standard InChI is InChI=1S/C15H19N3O3/c1-4-7-16-14(19)11-5-6-13(17-9-11)18-12(15(20)21)8-10(2)3/h1,5-6,9-10,12H,7-8H2,2-3H3,(H,16,19)(H,17,18)(H,20,21)/t12-/m0/s1. The zero-order valence-electron chi connectivity index (χ0n) is 12.1. The lowest BCUT2D eigenvalue weighted by atomic mass is 10.0. The largest absolute Gasteiger partial charge is 0.480 e. The second-order valence-corrected chi connectivity index (χ2v) is 4.98. The molecule has 1 atom stereocenters. The van der Waals surface area contributed by atoms with Crippen molar-refractivity contribution in [1.29, 1.82) is 0 Å². The number of anilines is 1. The number of amides is 1. The average Bonchev–Trinajstić information content (AvgIpc) is 2.44. The summed E-state index contributed by atoms with van der Waals surface area (Å²) in [4.78, 5) is 26.8. The van der Waals surface area contributed by atoms with Gasteiger partial charge in [-0.15, -0.1) is 6.42 Å². The van der Waals surface area contributed by atoms with Gasteiger partial charge < -0.3 is 15.7 Å². The molecule has 1 heterocycles. The molecule has 1 aromatic heterocycles. The van der Waals surface area contributed by atoms with E-state index in [0.29, 0.717) is 17.8 Å². The second kappa shape index (κ2) is 7.90. The van der Waals surface area contributed by atoms with E-state index in [1.54, 1.807) is 12.1 Å². The van der Waals surface area contributed by atoms with Gasteiger partial charge in [-0.3, -0.25) is 4.79 Å². The molecule has 112 valence electrons. The highest BCUT2D eigenvalue weighted by Crippen LogP contribution is 2.12. The third kappa shape index (κ3) is 5.53. The Kier molecular flexibility index (Phi) is 6.21. The van der Waals surface area contributed by atoms with Crippen LogP contribution in [0.5, 0.6) is 0 Å². The van der Waals surface area contributed by atoms with Gasteiger partial charge in [-0.2, -0.15) is 0 Å². The van der Waals surface area contributed by atoms with Crippen LogP contribution in [0.25, 0.3) is 0 Å². The topological polar surface area (TPSA) is 91.3 Å². The number of carboxylic acid groups (broad SMARTS) is 1. The molecule has 0 aliphatic rings. The molecule has 0 saturated heterocycles. The van der Waals surface area contributed by atoms with Gasteiger partial charge in [0.2, 0.25) is 0 Å². The van der Waals surface area contributed by atoms with Crippen LogP contribution >= 0.6 is 0 Å². The van der Waals surface area contributed by atoms with Crippen molar-refractivity contribution in [2.24, 2.45) is 5.92 Å². The summed E-state index contributed by atoms with van der Waals surface area (Å²) in [5.41, 5.74) is 0.367. The summed E-state index contributed by atoms with van der Waals surface area (Å²) in [6.07, 6.45) is 6.92. The third-order valence-corrected chi connectivity index (χ3v) is 2.70. The Balaban J connectivity index is 2.71. The molecule has 0 spiro atoms. The van der Waals surface area contributed by atoms with E-state index >= 15 is 0 Å². The number of carbonyl (C=O) groups is 2. The van der Waals surface area contributed by atoms with Crippen molar-refractivity contribution in [3.8, 4) is 12.3 Å². The van der Waals surface area contributed by atoms with Crippen LogP contribution in [0, 0.1) is 18.3 Å². The number of terminal acetylenes is 1. The molecule has 0 saturated carbocycles. The fourth-order valence-electron chi connectivity index (χ4n) is 1.72. The van der Waals surface area contributed by atoms with E-state index in [1.807, 2.05) is 13.8 Å². The Hall–Kier alpha value is -2.55. The van der Waals surface area contributed by atoms with Crippen LogP contribution in [0.1, 0.15) is 30.6 Å². The van der Waals surface area contributed by atoms with Crippen molar-refractivity contribution >= 4 is 17.7 Å². The van der Waals surface area contributed by atoms with Crippen LogP contribution in [0.3, 0.4) is 0 Å².